The van der Waals surface area contributed by atoms with Crippen LogP contribution in [0.1, 0.15) is 6.92 Å². The van der Waals surface area contributed by atoms with E-state index in [1.54, 1.807) is 6.92 Å². The Morgan fingerprint density at radius 1 is 0.720 bits per heavy atom. The van der Waals surface area contributed by atoms with Crippen molar-refractivity contribution in [3.05, 3.63) is 0 Å². The molecular weight excluding hydrogens is 344 g/mol. The van der Waals surface area contributed by atoms with Crippen molar-refractivity contribution >= 4 is 0 Å². The van der Waals surface area contributed by atoms with Gasteiger partial charge >= 0.3 is 0 Å². The summed E-state index contributed by atoms with van der Waals surface area (Å²) in [4.78, 5) is 0. The van der Waals surface area contributed by atoms with Gasteiger partial charge in [-0.15, -0.1) is 0 Å². The predicted octanol–water partition coefficient (Wildman–Crippen LogP) is -4.35. The monoisotopic (exact) mass is 370 g/mol. The summed E-state index contributed by atoms with van der Waals surface area (Å²) in [5.74, 6) is 0. The normalized spacial score (nSPS) is 48.5. The molecule has 11 nitrogen and oxygen atoms in total. The van der Waals surface area contributed by atoms with E-state index in [1.165, 1.54) is 0 Å². The van der Waals surface area contributed by atoms with Crippen molar-refractivity contribution in [2.75, 3.05) is 19.8 Å². The second-order valence-corrected chi connectivity index (χ2v) is 5.96. The molecule has 0 aromatic heterocycles. The molecule has 0 amide bonds. The lowest BCUT2D eigenvalue weighted by molar-refractivity contribution is -0.359. The van der Waals surface area contributed by atoms with Crippen LogP contribution in [-0.2, 0) is 18.9 Å². The third-order valence-corrected chi connectivity index (χ3v) is 4.29. The fourth-order valence-electron chi connectivity index (χ4n) is 2.86. The van der Waals surface area contributed by atoms with Gasteiger partial charge in [-0.05, 0) is 6.92 Å². The van der Waals surface area contributed by atoms with Gasteiger partial charge in [0.1, 0.15) is 48.8 Å². The SMILES string of the molecule is CCOC1O[C@@H](CO)[C@H](O[C@H]2O[C@@H](CO)[C@@H](O)[C@@H](O)[C@@H]2O)[C@@H](O)[C@@H]1O. The minimum atomic E-state index is -1.69. The Morgan fingerprint density at radius 2 is 1.28 bits per heavy atom. The zero-order valence-corrected chi connectivity index (χ0v) is 13.7. The van der Waals surface area contributed by atoms with Gasteiger partial charge in [0.2, 0.25) is 0 Å². The summed E-state index contributed by atoms with van der Waals surface area (Å²) in [6.07, 6.45) is -14.3. The first-order valence-corrected chi connectivity index (χ1v) is 8.05. The van der Waals surface area contributed by atoms with E-state index in [-0.39, 0.29) is 6.61 Å². The van der Waals surface area contributed by atoms with E-state index in [0.717, 1.165) is 0 Å². The topological polar surface area (TPSA) is 179 Å². The highest BCUT2D eigenvalue weighted by Crippen LogP contribution is 2.29. The molecule has 7 N–H and O–H groups in total. The first-order valence-electron chi connectivity index (χ1n) is 8.05. The number of aliphatic hydroxyl groups excluding tert-OH is 7. The molecule has 25 heavy (non-hydrogen) atoms. The first-order chi connectivity index (χ1) is 11.8. The molecule has 2 saturated heterocycles. The van der Waals surface area contributed by atoms with Crippen LogP contribution in [0.15, 0.2) is 0 Å². The van der Waals surface area contributed by atoms with Crippen molar-refractivity contribution in [1.82, 2.24) is 0 Å². The lowest BCUT2D eigenvalue weighted by Gasteiger charge is -2.45. The maximum absolute atomic E-state index is 10.2. The van der Waals surface area contributed by atoms with Gasteiger partial charge in [-0.2, -0.15) is 0 Å². The highest BCUT2D eigenvalue weighted by atomic mass is 16.7. The molecule has 2 fully saturated rings. The third-order valence-electron chi connectivity index (χ3n) is 4.29. The highest BCUT2D eigenvalue weighted by Gasteiger charge is 2.50. The van der Waals surface area contributed by atoms with Gasteiger partial charge in [-0.3, -0.25) is 0 Å². The maximum atomic E-state index is 10.2. The molecule has 0 aromatic rings. The first kappa shape index (κ1) is 20.9. The van der Waals surface area contributed by atoms with Gasteiger partial charge in [0.05, 0.1) is 13.2 Å². The molecule has 0 saturated carbocycles. The van der Waals surface area contributed by atoms with Crippen molar-refractivity contribution in [1.29, 1.82) is 0 Å². The summed E-state index contributed by atoms with van der Waals surface area (Å²) in [6.45, 7) is 0.625. The molecule has 11 heteroatoms. The number of rotatable bonds is 6. The Morgan fingerprint density at radius 3 is 1.84 bits per heavy atom. The van der Waals surface area contributed by atoms with Crippen LogP contribution in [0.25, 0.3) is 0 Å². The van der Waals surface area contributed by atoms with Gasteiger partial charge in [-0.25, -0.2) is 0 Å². The second kappa shape index (κ2) is 8.97. The van der Waals surface area contributed by atoms with Crippen LogP contribution in [0.2, 0.25) is 0 Å². The van der Waals surface area contributed by atoms with Crippen LogP contribution in [0.3, 0.4) is 0 Å². The molecule has 2 aliphatic heterocycles. The van der Waals surface area contributed by atoms with Crippen molar-refractivity contribution in [3.8, 4) is 0 Å². The summed E-state index contributed by atoms with van der Waals surface area (Å²) in [5.41, 5.74) is 0. The Bertz CT molecular complexity index is 406. The summed E-state index contributed by atoms with van der Waals surface area (Å²) in [7, 11) is 0. The minimum Gasteiger partial charge on any atom is -0.394 e. The number of hydrogen-bond donors (Lipinski definition) is 7. The third kappa shape index (κ3) is 4.28. The average molecular weight is 370 g/mol. The van der Waals surface area contributed by atoms with E-state index in [2.05, 4.69) is 0 Å². The zero-order chi connectivity index (χ0) is 18.7. The standard InChI is InChI=1S/C14H26O11/c1-2-22-13-11(21)9(19)12(6(4-16)24-13)25-14-10(20)8(18)7(17)5(3-15)23-14/h5-21H,2-4H2,1H3/t5-,6-,7+,8+,9-,10-,11-,12-,13?,14+/m0/s1. The van der Waals surface area contributed by atoms with E-state index >= 15 is 0 Å². The van der Waals surface area contributed by atoms with Crippen molar-refractivity contribution in [3.63, 3.8) is 0 Å². The largest absolute Gasteiger partial charge is 0.394 e. The van der Waals surface area contributed by atoms with Crippen molar-refractivity contribution < 1.29 is 54.7 Å². The van der Waals surface area contributed by atoms with Crippen molar-refractivity contribution in [2.24, 2.45) is 0 Å². The molecule has 2 rings (SSSR count). The smallest absolute Gasteiger partial charge is 0.187 e. The van der Waals surface area contributed by atoms with Gasteiger partial charge in [0.15, 0.2) is 12.6 Å². The number of hydrogen-bond acceptors (Lipinski definition) is 11. The Labute approximate surface area is 143 Å². The van der Waals surface area contributed by atoms with Gasteiger partial charge in [-0.1, -0.05) is 0 Å². The Kier molecular flexibility index (Phi) is 7.49. The minimum absolute atomic E-state index is 0.199. The van der Waals surface area contributed by atoms with Crippen LogP contribution < -0.4 is 0 Å². The summed E-state index contributed by atoms with van der Waals surface area (Å²) in [6, 6.07) is 0. The Hall–Kier alpha value is -0.440. The average Bonchev–Trinajstić information content (AvgIpc) is 2.61. The summed E-state index contributed by atoms with van der Waals surface area (Å²) >= 11 is 0. The molecule has 148 valence electrons. The molecular formula is C14H26O11. The molecule has 2 aliphatic rings. The van der Waals surface area contributed by atoms with E-state index in [9.17, 15) is 35.7 Å². The Balaban J connectivity index is 2.11. The fourth-order valence-corrected chi connectivity index (χ4v) is 2.86. The van der Waals surface area contributed by atoms with E-state index in [4.69, 9.17) is 18.9 Å². The molecule has 10 atom stereocenters. The van der Waals surface area contributed by atoms with E-state index < -0.39 is 74.6 Å². The van der Waals surface area contributed by atoms with Crippen LogP contribution in [0.5, 0.6) is 0 Å². The fraction of sp³-hybridized carbons (Fsp3) is 1.00. The lowest BCUT2D eigenvalue weighted by Crippen LogP contribution is -2.64. The molecule has 1 unspecified atom stereocenters. The van der Waals surface area contributed by atoms with Gasteiger partial charge < -0.3 is 54.7 Å². The van der Waals surface area contributed by atoms with Crippen LogP contribution in [0, 0.1) is 0 Å². The maximum Gasteiger partial charge on any atom is 0.187 e. The molecule has 0 radical (unpaired) electrons. The number of aliphatic hydroxyl groups is 7. The van der Waals surface area contributed by atoms with Crippen LogP contribution >= 0.6 is 0 Å². The van der Waals surface area contributed by atoms with Gasteiger partial charge in [0.25, 0.3) is 0 Å². The molecule has 2 heterocycles. The van der Waals surface area contributed by atoms with Crippen LogP contribution in [-0.4, -0.2) is 117 Å². The molecule has 0 spiro atoms. The quantitative estimate of drug-likeness (QED) is 0.240. The zero-order valence-electron chi connectivity index (χ0n) is 13.7. The molecule has 0 bridgehead atoms. The second-order valence-electron chi connectivity index (χ2n) is 5.96. The van der Waals surface area contributed by atoms with Crippen molar-refractivity contribution in [2.45, 2.75) is 68.3 Å². The van der Waals surface area contributed by atoms with Crippen LogP contribution in [0.4, 0.5) is 0 Å². The number of ether oxygens (including phenoxy) is 4. The molecule has 0 aliphatic carbocycles. The predicted molar refractivity (Wildman–Crippen MR) is 78.0 cm³/mol. The van der Waals surface area contributed by atoms with E-state index in [1.807, 2.05) is 0 Å². The van der Waals surface area contributed by atoms with Gasteiger partial charge in [0, 0.05) is 6.61 Å². The molecule has 0 aromatic carbocycles. The summed E-state index contributed by atoms with van der Waals surface area (Å²) < 4.78 is 21.1. The van der Waals surface area contributed by atoms with E-state index in [0.29, 0.717) is 0 Å². The summed E-state index contributed by atoms with van der Waals surface area (Å²) in [5, 5.41) is 68.4. The lowest BCUT2D eigenvalue weighted by atomic mass is 9.97. The highest BCUT2D eigenvalue weighted by molar-refractivity contribution is 4.93.